The molecule has 4 heteroatoms. The highest BCUT2D eigenvalue weighted by Crippen LogP contribution is 2.46. The Kier molecular flexibility index (Phi) is 2.14. The topological polar surface area (TPSA) is 41.1 Å². The molecular weight excluding hydrogens is 200 g/mol. The van der Waals surface area contributed by atoms with Gasteiger partial charge in [0.1, 0.15) is 0 Å². The van der Waals surface area contributed by atoms with Gasteiger partial charge in [0.25, 0.3) is 0 Å². The van der Waals surface area contributed by atoms with Crippen molar-refractivity contribution in [2.75, 3.05) is 25.0 Å². The van der Waals surface area contributed by atoms with Crippen LogP contribution in [0.4, 0.5) is 5.95 Å². The average molecular weight is 218 g/mol. The number of aromatic nitrogens is 2. The highest BCUT2D eigenvalue weighted by atomic mass is 15.2. The number of nitrogens with one attached hydrogen (secondary N) is 1. The summed E-state index contributed by atoms with van der Waals surface area (Å²) >= 11 is 0. The molecule has 0 atom stereocenters. The predicted octanol–water partition coefficient (Wildman–Crippen LogP) is 0.973. The molecule has 0 aromatic carbocycles. The van der Waals surface area contributed by atoms with Crippen LogP contribution in [0.15, 0.2) is 12.3 Å². The maximum Gasteiger partial charge on any atom is 0.225 e. The Morgan fingerprint density at radius 1 is 1.56 bits per heavy atom. The van der Waals surface area contributed by atoms with Gasteiger partial charge >= 0.3 is 0 Å². The molecule has 1 N–H and O–H groups in total. The third-order valence-electron chi connectivity index (χ3n) is 3.82. The molecule has 86 valence electrons. The van der Waals surface area contributed by atoms with E-state index in [9.17, 15) is 0 Å². The summed E-state index contributed by atoms with van der Waals surface area (Å²) in [6, 6.07) is 2.72. The maximum absolute atomic E-state index is 4.46. The summed E-state index contributed by atoms with van der Waals surface area (Å²) in [7, 11) is 2.09. The maximum atomic E-state index is 4.46. The van der Waals surface area contributed by atoms with Gasteiger partial charge in [-0.3, -0.25) is 0 Å². The van der Waals surface area contributed by atoms with E-state index in [4.69, 9.17) is 0 Å². The zero-order valence-electron chi connectivity index (χ0n) is 9.90. The summed E-state index contributed by atoms with van der Waals surface area (Å²) in [5, 5.41) is 3.54. The van der Waals surface area contributed by atoms with Gasteiger partial charge in [0.2, 0.25) is 5.95 Å². The number of rotatable bonds is 3. The van der Waals surface area contributed by atoms with Crippen molar-refractivity contribution in [3.05, 3.63) is 18.0 Å². The molecule has 3 heterocycles. The molecule has 3 fully saturated rings. The first-order valence-electron chi connectivity index (χ1n) is 5.91. The van der Waals surface area contributed by atoms with E-state index in [1.165, 1.54) is 12.8 Å². The number of aryl methyl sites for hydroxylation is 1. The second-order valence-corrected chi connectivity index (χ2v) is 5.34. The number of nitrogens with zero attached hydrogens (tertiary/aromatic N) is 3. The molecular formula is C12H18N4. The summed E-state index contributed by atoms with van der Waals surface area (Å²) in [6.45, 7) is 4.24. The van der Waals surface area contributed by atoms with Gasteiger partial charge in [-0.15, -0.1) is 0 Å². The minimum atomic E-state index is 0.493. The average Bonchev–Trinajstić information content (AvgIpc) is 2.76. The Balaban J connectivity index is 1.71. The van der Waals surface area contributed by atoms with E-state index >= 15 is 0 Å². The minimum absolute atomic E-state index is 0.493. The Hall–Kier alpha value is -1.16. The molecule has 0 unspecified atom stereocenters. The van der Waals surface area contributed by atoms with Crippen LogP contribution in [-0.4, -0.2) is 36.1 Å². The van der Waals surface area contributed by atoms with E-state index in [1.807, 2.05) is 19.2 Å². The van der Waals surface area contributed by atoms with Crippen molar-refractivity contribution < 1.29 is 0 Å². The summed E-state index contributed by atoms with van der Waals surface area (Å²) in [5.74, 6) is 0.852. The second kappa shape index (κ2) is 3.42. The predicted molar refractivity (Wildman–Crippen MR) is 63.5 cm³/mol. The monoisotopic (exact) mass is 218 g/mol. The molecule has 4 nitrogen and oxygen atoms in total. The Morgan fingerprint density at radius 3 is 3.00 bits per heavy atom. The normalized spacial score (nSPS) is 31.2. The van der Waals surface area contributed by atoms with Crippen molar-refractivity contribution in [3.63, 3.8) is 0 Å². The summed E-state index contributed by atoms with van der Waals surface area (Å²) < 4.78 is 0. The van der Waals surface area contributed by atoms with E-state index in [2.05, 4.69) is 27.2 Å². The zero-order valence-corrected chi connectivity index (χ0v) is 9.90. The Morgan fingerprint density at radius 2 is 2.38 bits per heavy atom. The van der Waals surface area contributed by atoms with Crippen molar-refractivity contribution in [2.24, 2.45) is 5.41 Å². The van der Waals surface area contributed by atoms with E-state index in [1.54, 1.807) is 0 Å². The van der Waals surface area contributed by atoms with Crippen molar-refractivity contribution in [3.8, 4) is 0 Å². The minimum Gasteiger partial charge on any atom is -0.343 e. The van der Waals surface area contributed by atoms with Gasteiger partial charge in [-0.25, -0.2) is 9.97 Å². The largest absolute Gasteiger partial charge is 0.343 e. The second-order valence-electron chi connectivity index (χ2n) is 5.34. The van der Waals surface area contributed by atoms with Gasteiger partial charge in [-0.1, -0.05) is 0 Å². The highest BCUT2D eigenvalue weighted by Gasteiger charge is 2.50. The van der Waals surface area contributed by atoms with Gasteiger partial charge in [-0.05, 0) is 25.8 Å². The Labute approximate surface area is 96.1 Å². The molecule has 1 saturated carbocycles. The molecule has 1 aromatic rings. The molecule has 2 aliphatic heterocycles. The van der Waals surface area contributed by atoms with Gasteiger partial charge in [-0.2, -0.15) is 0 Å². The van der Waals surface area contributed by atoms with E-state index < -0.39 is 0 Å². The lowest BCUT2D eigenvalue weighted by atomic mass is 9.70. The van der Waals surface area contributed by atoms with Crippen molar-refractivity contribution in [1.82, 2.24) is 15.3 Å². The fourth-order valence-electron chi connectivity index (χ4n) is 3.01. The van der Waals surface area contributed by atoms with Gasteiger partial charge < -0.3 is 10.2 Å². The van der Waals surface area contributed by atoms with Crippen LogP contribution in [0.25, 0.3) is 0 Å². The molecule has 1 aliphatic carbocycles. The number of hydrogen-bond donors (Lipinski definition) is 1. The van der Waals surface area contributed by atoms with Crippen LogP contribution >= 0.6 is 0 Å². The molecule has 2 saturated heterocycles. The standard InChI is InChI=1S/C12H18N4/c1-9-3-4-13-11(15-9)16(2)8-12-5-10(6-12)14-7-12/h3-4,10,14H,5-8H2,1-2H3. The smallest absolute Gasteiger partial charge is 0.225 e. The molecule has 0 spiro atoms. The lowest BCUT2D eigenvalue weighted by molar-refractivity contribution is 0.205. The first-order chi connectivity index (χ1) is 7.67. The first-order valence-corrected chi connectivity index (χ1v) is 5.91. The van der Waals surface area contributed by atoms with Crippen LogP contribution in [0.5, 0.6) is 0 Å². The molecule has 2 bridgehead atoms. The highest BCUT2D eigenvalue weighted by molar-refractivity contribution is 5.30. The van der Waals surface area contributed by atoms with Crippen molar-refractivity contribution >= 4 is 5.95 Å². The third-order valence-corrected chi connectivity index (χ3v) is 3.82. The molecule has 4 rings (SSSR count). The van der Waals surface area contributed by atoms with Crippen LogP contribution in [0, 0.1) is 12.3 Å². The first kappa shape index (κ1) is 10.0. The number of anilines is 1. The SMILES string of the molecule is Cc1ccnc(N(C)CC23CNC(C2)C3)n1. The Bertz CT molecular complexity index is 392. The van der Waals surface area contributed by atoms with Crippen LogP contribution in [0.1, 0.15) is 18.5 Å². The fourth-order valence-corrected chi connectivity index (χ4v) is 3.01. The van der Waals surface area contributed by atoms with Crippen LogP contribution in [0.3, 0.4) is 0 Å². The van der Waals surface area contributed by atoms with Crippen molar-refractivity contribution in [2.45, 2.75) is 25.8 Å². The van der Waals surface area contributed by atoms with Gasteiger partial charge in [0, 0.05) is 43.5 Å². The quantitative estimate of drug-likeness (QED) is 0.821. The van der Waals surface area contributed by atoms with Gasteiger partial charge in [0.15, 0.2) is 0 Å². The summed E-state index contributed by atoms with van der Waals surface area (Å²) in [6.07, 6.45) is 4.48. The number of fused-ring (bicyclic) bond motifs is 1. The lowest BCUT2D eigenvalue weighted by Gasteiger charge is -2.39. The molecule has 16 heavy (non-hydrogen) atoms. The number of hydrogen-bond acceptors (Lipinski definition) is 4. The molecule has 3 aliphatic rings. The third kappa shape index (κ3) is 1.57. The fraction of sp³-hybridized carbons (Fsp3) is 0.667. The van der Waals surface area contributed by atoms with Crippen LogP contribution < -0.4 is 10.2 Å². The summed E-state index contributed by atoms with van der Waals surface area (Å²) in [4.78, 5) is 11.0. The van der Waals surface area contributed by atoms with Crippen LogP contribution in [0.2, 0.25) is 0 Å². The lowest BCUT2D eigenvalue weighted by Crippen LogP contribution is -2.43. The molecule has 0 amide bonds. The van der Waals surface area contributed by atoms with E-state index in [0.29, 0.717) is 5.41 Å². The molecule has 1 aromatic heterocycles. The summed E-state index contributed by atoms with van der Waals surface area (Å²) in [5.41, 5.74) is 1.53. The van der Waals surface area contributed by atoms with Crippen molar-refractivity contribution in [1.29, 1.82) is 0 Å². The van der Waals surface area contributed by atoms with E-state index in [0.717, 1.165) is 30.8 Å². The molecule has 0 radical (unpaired) electrons. The van der Waals surface area contributed by atoms with Crippen LogP contribution in [-0.2, 0) is 0 Å². The van der Waals surface area contributed by atoms with Gasteiger partial charge in [0.05, 0.1) is 0 Å². The van der Waals surface area contributed by atoms with E-state index in [-0.39, 0.29) is 0 Å². The zero-order chi connectivity index (χ0) is 11.2.